The first-order valence-electron chi connectivity index (χ1n) is 8.96. The highest BCUT2D eigenvalue weighted by Crippen LogP contribution is 2.12. The largest absolute Gasteiger partial charge is 0.334 e. The molecule has 1 N–H and O–H groups in total. The molecule has 0 aliphatic heterocycles. The third kappa shape index (κ3) is 5.91. The Hall–Kier alpha value is -2.33. The maximum atomic E-state index is 12.4. The van der Waals surface area contributed by atoms with Gasteiger partial charge in [0.15, 0.2) is 0 Å². The second-order valence-electron chi connectivity index (χ2n) is 6.23. The molecule has 25 heavy (non-hydrogen) atoms. The summed E-state index contributed by atoms with van der Waals surface area (Å²) in [5.41, 5.74) is 3.58. The Kier molecular flexibility index (Phi) is 7.48. The van der Waals surface area contributed by atoms with E-state index in [0.717, 1.165) is 25.2 Å². The van der Waals surface area contributed by atoms with Crippen molar-refractivity contribution >= 4 is 6.03 Å². The number of nitrogens with one attached hydrogen (secondary N) is 1. The highest BCUT2D eigenvalue weighted by molar-refractivity contribution is 5.73. The van der Waals surface area contributed by atoms with E-state index >= 15 is 0 Å². The van der Waals surface area contributed by atoms with E-state index in [9.17, 15) is 4.79 Å². The van der Waals surface area contributed by atoms with Crippen molar-refractivity contribution in [1.29, 1.82) is 0 Å². The summed E-state index contributed by atoms with van der Waals surface area (Å²) in [5.74, 6) is 0. The molecule has 4 heteroatoms. The first-order valence-corrected chi connectivity index (χ1v) is 8.96. The molecule has 0 bridgehead atoms. The van der Waals surface area contributed by atoms with Gasteiger partial charge in [-0.25, -0.2) is 4.79 Å². The maximum absolute atomic E-state index is 12.4. The fourth-order valence-corrected chi connectivity index (χ4v) is 2.81. The Bertz CT molecular complexity index is 653. The fraction of sp³-hybridized carbons (Fsp3) is 0.381. The van der Waals surface area contributed by atoms with Crippen LogP contribution < -0.4 is 5.32 Å². The molecular formula is C21H29N3O. The summed E-state index contributed by atoms with van der Waals surface area (Å²) in [6.45, 7) is 8.47. The zero-order chi connectivity index (χ0) is 18.1. The second-order valence-corrected chi connectivity index (χ2v) is 6.23. The molecule has 2 aromatic rings. The van der Waals surface area contributed by atoms with E-state index in [2.05, 4.69) is 42.3 Å². The number of urea groups is 1. The van der Waals surface area contributed by atoms with Gasteiger partial charge in [0.05, 0.1) is 0 Å². The molecule has 0 spiro atoms. The van der Waals surface area contributed by atoms with Crippen LogP contribution >= 0.6 is 0 Å². The predicted octanol–water partition coefficient (Wildman–Crippen LogP) is 3.87. The molecule has 2 amide bonds. The number of carbonyl (C=O) groups excluding carboxylic acids is 1. The molecule has 0 aliphatic rings. The predicted molar refractivity (Wildman–Crippen MR) is 103 cm³/mol. The lowest BCUT2D eigenvalue weighted by Crippen LogP contribution is -2.36. The number of hydrogen-bond acceptors (Lipinski definition) is 2. The van der Waals surface area contributed by atoms with E-state index in [1.54, 1.807) is 4.90 Å². The monoisotopic (exact) mass is 339 g/mol. The van der Waals surface area contributed by atoms with Gasteiger partial charge < -0.3 is 10.2 Å². The van der Waals surface area contributed by atoms with Crippen molar-refractivity contribution in [2.24, 2.45) is 0 Å². The minimum atomic E-state index is -0.0542. The van der Waals surface area contributed by atoms with Crippen molar-refractivity contribution in [3.8, 4) is 0 Å². The molecule has 0 atom stereocenters. The van der Waals surface area contributed by atoms with Gasteiger partial charge in [0, 0.05) is 26.7 Å². The molecule has 4 nitrogen and oxygen atoms in total. The van der Waals surface area contributed by atoms with Crippen LogP contribution in [0.1, 0.15) is 30.5 Å². The topological polar surface area (TPSA) is 35.6 Å². The van der Waals surface area contributed by atoms with Crippen molar-refractivity contribution in [3.63, 3.8) is 0 Å². The summed E-state index contributed by atoms with van der Waals surface area (Å²) < 4.78 is 0. The van der Waals surface area contributed by atoms with Crippen LogP contribution in [-0.4, -0.2) is 36.0 Å². The summed E-state index contributed by atoms with van der Waals surface area (Å²) in [6.07, 6.45) is 0. The third-order valence-corrected chi connectivity index (χ3v) is 4.45. The van der Waals surface area contributed by atoms with E-state index < -0.39 is 0 Å². The Morgan fingerprint density at radius 2 is 1.48 bits per heavy atom. The average molecular weight is 339 g/mol. The molecule has 0 aromatic heterocycles. The number of amides is 2. The molecule has 134 valence electrons. The van der Waals surface area contributed by atoms with Crippen LogP contribution in [0.5, 0.6) is 0 Å². The van der Waals surface area contributed by atoms with Gasteiger partial charge in [0.25, 0.3) is 0 Å². The lowest BCUT2D eigenvalue weighted by Gasteiger charge is -2.21. The molecule has 0 radical (unpaired) electrons. The molecule has 0 unspecified atom stereocenters. The minimum Gasteiger partial charge on any atom is -0.334 e. The number of nitrogens with zero attached hydrogens (tertiary/aromatic N) is 2. The fourth-order valence-electron chi connectivity index (χ4n) is 2.81. The Morgan fingerprint density at radius 3 is 2.12 bits per heavy atom. The highest BCUT2D eigenvalue weighted by atomic mass is 16.2. The normalized spacial score (nSPS) is 10.7. The summed E-state index contributed by atoms with van der Waals surface area (Å²) >= 11 is 0. The second kappa shape index (κ2) is 9.84. The summed E-state index contributed by atoms with van der Waals surface area (Å²) in [7, 11) is 1.82. The van der Waals surface area contributed by atoms with Gasteiger partial charge in [-0.1, -0.05) is 68.4 Å². The van der Waals surface area contributed by atoms with Crippen molar-refractivity contribution in [2.45, 2.75) is 33.5 Å². The van der Waals surface area contributed by atoms with Crippen LogP contribution in [0.4, 0.5) is 4.79 Å². The average Bonchev–Trinajstić information content (AvgIpc) is 2.65. The zero-order valence-electron chi connectivity index (χ0n) is 15.5. The van der Waals surface area contributed by atoms with E-state index in [-0.39, 0.29) is 6.03 Å². The van der Waals surface area contributed by atoms with E-state index in [0.29, 0.717) is 13.1 Å². The van der Waals surface area contributed by atoms with E-state index in [4.69, 9.17) is 0 Å². The van der Waals surface area contributed by atoms with Crippen molar-refractivity contribution < 1.29 is 4.79 Å². The van der Waals surface area contributed by atoms with Crippen molar-refractivity contribution in [3.05, 3.63) is 71.3 Å². The number of carbonyl (C=O) groups is 1. The van der Waals surface area contributed by atoms with Gasteiger partial charge in [-0.15, -0.1) is 0 Å². The number of hydrogen-bond donors (Lipinski definition) is 1. The highest BCUT2D eigenvalue weighted by Gasteiger charge is 2.11. The first kappa shape index (κ1) is 19.0. The summed E-state index contributed by atoms with van der Waals surface area (Å²) in [5, 5.41) is 3.04. The quantitative estimate of drug-likeness (QED) is 0.792. The van der Waals surface area contributed by atoms with Crippen LogP contribution in [0.15, 0.2) is 54.6 Å². The number of rotatable bonds is 8. The van der Waals surface area contributed by atoms with Gasteiger partial charge >= 0.3 is 6.03 Å². The molecular weight excluding hydrogens is 310 g/mol. The smallest absolute Gasteiger partial charge is 0.317 e. The molecule has 0 saturated heterocycles. The SMILES string of the molecule is CCN(CC)Cc1ccccc1CNC(=O)N(C)Cc1ccccc1. The van der Waals surface area contributed by atoms with Gasteiger partial charge in [0.2, 0.25) is 0 Å². The summed E-state index contributed by atoms with van der Waals surface area (Å²) in [6, 6.07) is 18.3. The molecule has 0 aliphatic carbocycles. The van der Waals surface area contributed by atoms with Crippen LogP contribution in [-0.2, 0) is 19.6 Å². The lowest BCUT2D eigenvalue weighted by atomic mass is 10.1. The van der Waals surface area contributed by atoms with E-state index in [1.807, 2.05) is 43.4 Å². The van der Waals surface area contributed by atoms with Crippen LogP contribution in [0.2, 0.25) is 0 Å². The minimum absolute atomic E-state index is 0.0542. The van der Waals surface area contributed by atoms with Crippen LogP contribution in [0.3, 0.4) is 0 Å². The molecule has 0 fully saturated rings. The van der Waals surface area contributed by atoms with Crippen LogP contribution in [0.25, 0.3) is 0 Å². The Balaban J connectivity index is 1.93. The maximum Gasteiger partial charge on any atom is 0.317 e. The van der Waals surface area contributed by atoms with Crippen molar-refractivity contribution in [1.82, 2.24) is 15.1 Å². The molecule has 0 heterocycles. The molecule has 0 saturated carbocycles. The molecule has 2 rings (SSSR count). The molecule has 2 aromatic carbocycles. The van der Waals surface area contributed by atoms with Gasteiger partial charge in [-0.3, -0.25) is 4.90 Å². The van der Waals surface area contributed by atoms with Crippen LogP contribution in [0, 0.1) is 0 Å². The third-order valence-electron chi connectivity index (χ3n) is 4.45. The summed E-state index contributed by atoms with van der Waals surface area (Å²) in [4.78, 5) is 16.5. The van der Waals surface area contributed by atoms with E-state index in [1.165, 1.54) is 11.1 Å². The van der Waals surface area contributed by atoms with Gasteiger partial charge in [-0.05, 0) is 29.8 Å². The van der Waals surface area contributed by atoms with Gasteiger partial charge in [0.1, 0.15) is 0 Å². The Labute approximate surface area is 151 Å². The lowest BCUT2D eigenvalue weighted by molar-refractivity contribution is 0.206. The number of benzene rings is 2. The van der Waals surface area contributed by atoms with Crippen molar-refractivity contribution in [2.75, 3.05) is 20.1 Å². The standard InChI is InChI=1S/C21H29N3O/c1-4-24(5-2)17-20-14-10-9-13-19(20)15-22-21(25)23(3)16-18-11-7-6-8-12-18/h6-14H,4-5,15-17H2,1-3H3,(H,22,25). The van der Waals surface area contributed by atoms with Gasteiger partial charge in [-0.2, -0.15) is 0 Å². The zero-order valence-corrected chi connectivity index (χ0v) is 15.5. The Morgan fingerprint density at radius 1 is 0.880 bits per heavy atom. The first-order chi connectivity index (χ1) is 12.1.